The number of benzene rings is 1. The molecule has 2 fully saturated rings. The van der Waals surface area contributed by atoms with Crippen molar-refractivity contribution < 1.29 is 4.74 Å². The Morgan fingerprint density at radius 2 is 2.15 bits per heavy atom. The van der Waals surface area contributed by atoms with Crippen LogP contribution in [0.25, 0.3) is 0 Å². The summed E-state index contributed by atoms with van der Waals surface area (Å²) in [5.41, 5.74) is 7.14. The lowest BCUT2D eigenvalue weighted by Crippen LogP contribution is -2.48. The normalized spacial score (nSPS) is 30.4. The Bertz CT molecular complexity index is 475. The molecule has 110 valence electrons. The van der Waals surface area contributed by atoms with Gasteiger partial charge in [-0.1, -0.05) is 12.1 Å². The lowest BCUT2D eigenvalue weighted by Gasteiger charge is -2.31. The number of anilines is 1. The smallest absolute Gasteiger partial charge is 0.141 e. The van der Waals surface area contributed by atoms with E-state index in [0.717, 1.165) is 30.4 Å². The first-order valence-electron chi connectivity index (χ1n) is 7.54. The number of nitrogens with one attached hydrogen (secondary N) is 1. The Labute approximate surface area is 121 Å². The van der Waals surface area contributed by atoms with Crippen molar-refractivity contribution in [2.24, 2.45) is 5.73 Å². The molecule has 2 unspecified atom stereocenters. The topological polar surface area (TPSA) is 50.5 Å². The number of likely N-dealkylation sites (tertiary alicyclic amines) is 1. The van der Waals surface area contributed by atoms with Gasteiger partial charge in [0, 0.05) is 25.2 Å². The summed E-state index contributed by atoms with van der Waals surface area (Å²) in [7, 11) is 1.71. The Balaban J connectivity index is 1.79. The van der Waals surface area contributed by atoms with Crippen molar-refractivity contribution in [2.45, 2.75) is 43.8 Å². The van der Waals surface area contributed by atoms with E-state index in [1.165, 1.54) is 12.8 Å². The van der Waals surface area contributed by atoms with E-state index >= 15 is 0 Å². The molecule has 1 aliphatic heterocycles. The van der Waals surface area contributed by atoms with E-state index in [9.17, 15) is 0 Å². The minimum Gasteiger partial charge on any atom is -0.495 e. The van der Waals surface area contributed by atoms with Crippen molar-refractivity contribution in [1.29, 1.82) is 0 Å². The molecular formula is C16H25N3O. The molecule has 0 bridgehead atoms. The van der Waals surface area contributed by atoms with Crippen LogP contribution in [0, 0.1) is 0 Å². The van der Waals surface area contributed by atoms with Crippen LogP contribution in [0.15, 0.2) is 24.3 Å². The van der Waals surface area contributed by atoms with Crippen molar-refractivity contribution >= 4 is 5.69 Å². The summed E-state index contributed by atoms with van der Waals surface area (Å²) in [6.07, 6.45) is 3.79. The maximum atomic E-state index is 6.12. The first-order chi connectivity index (χ1) is 9.67. The van der Waals surface area contributed by atoms with E-state index < -0.39 is 0 Å². The summed E-state index contributed by atoms with van der Waals surface area (Å²) < 4.78 is 5.44. The van der Waals surface area contributed by atoms with Crippen LogP contribution in [-0.4, -0.2) is 42.7 Å². The van der Waals surface area contributed by atoms with Gasteiger partial charge in [0.1, 0.15) is 5.75 Å². The fourth-order valence-electron chi connectivity index (χ4n) is 3.47. The summed E-state index contributed by atoms with van der Waals surface area (Å²) in [4.78, 5) is 2.62. The number of nitrogens with zero attached hydrogens (tertiary/aromatic N) is 1. The van der Waals surface area contributed by atoms with Gasteiger partial charge in [0.05, 0.1) is 18.3 Å². The molecule has 1 saturated carbocycles. The van der Waals surface area contributed by atoms with E-state index in [1.54, 1.807) is 7.11 Å². The molecule has 1 aromatic carbocycles. The fourth-order valence-corrected chi connectivity index (χ4v) is 3.47. The Kier molecular flexibility index (Phi) is 3.61. The summed E-state index contributed by atoms with van der Waals surface area (Å²) >= 11 is 0. The summed E-state index contributed by atoms with van der Waals surface area (Å²) in [6.45, 7) is 4.01. The number of rotatable bonds is 5. The van der Waals surface area contributed by atoms with E-state index in [4.69, 9.17) is 10.5 Å². The van der Waals surface area contributed by atoms with Gasteiger partial charge in [-0.05, 0) is 38.3 Å². The fraction of sp³-hybridized carbons (Fsp3) is 0.625. The molecule has 0 radical (unpaired) electrons. The first kappa shape index (κ1) is 13.7. The molecule has 1 heterocycles. The zero-order chi connectivity index (χ0) is 14.2. The van der Waals surface area contributed by atoms with E-state index in [1.807, 2.05) is 18.2 Å². The van der Waals surface area contributed by atoms with Crippen LogP contribution in [-0.2, 0) is 0 Å². The van der Waals surface area contributed by atoms with Crippen LogP contribution < -0.4 is 15.8 Å². The maximum Gasteiger partial charge on any atom is 0.141 e. The monoisotopic (exact) mass is 275 g/mol. The molecule has 1 aliphatic carbocycles. The molecule has 3 N–H and O–H groups in total. The number of methoxy groups -OCH3 is 1. The molecule has 0 amide bonds. The van der Waals surface area contributed by atoms with Crippen molar-refractivity contribution in [1.82, 2.24) is 4.90 Å². The van der Waals surface area contributed by atoms with Gasteiger partial charge in [-0.3, -0.25) is 4.90 Å². The van der Waals surface area contributed by atoms with Crippen LogP contribution in [0.2, 0.25) is 0 Å². The van der Waals surface area contributed by atoms with Crippen molar-refractivity contribution in [3.05, 3.63) is 24.3 Å². The van der Waals surface area contributed by atoms with Gasteiger partial charge < -0.3 is 15.8 Å². The van der Waals surface area contributed by atoms with Crippen LogP contribution >= 0.6 is 0 Å². The average molecular weight is 275 g/mol. The van der Waals surface area contributed by atoms with E-state index in [2.05, 4.69) is 23.2 Å². The molecule has 4 nitrogen and oxygen atoms in total. The Morgan fingerprint density at radius 3 is 2.80 bits per heavy atom. The third kappa shape index (κ3) is 2.50. The largest absolute Gasteiger partial charge is 0.495 e. The molecule has 0 spiro atoms. The maximum absolute atomic E-state index is 6.12. The molecule has 2 atom stereocenters. The molecule has 20 heavy (non-hydrogen) atoms. The quantitative estimate of drug-likeness (QED) is 0.863. The highest BCUT2D eigenvalue weighted by atomic mass is 16.5. The number of para-hydroxylation sites is 2. The molecular weight excluding hydrogens is 250 g/mol. The van der Waals surface area contributed by atoms with Gasteiger partial charge in [-0.25, -0.2) is 0 Å². The second kappa shape index (κ2) is 5.26. The van der Waals surface area contributed by atoms with Crippen LogP contribution in [0.3, 0.4) is 0 Å². The van der Waals surface area contributed by atoms with Crippen LogP contribution in [0.1, 0.15) is 26.2 Å². The predicted molar refractivity (Wildman–Crippen MR) is 82.2 cm³/mol. The van der Waals surface area contributed by atoms with Gasteiger partial charge in [0.15, 0.2) is 0 Å². The highest BCUT2D eigenvalue weighted by Gasteiger charge is 2.46. The van der Waals surface area contributed by atoms with Gasteiger partial charge in [0.25, 0.3) is 0 Å². The summed E-state index contributed by atoms with van der Waals surface area (Å²) in [5.74, 6) is 0.887. The highest BCUT2D eigenvalue weighted by Crippen LogP contribution is 2.39. The van der Waals surface area contributed by atoms with Crippen molar-refractivity contribution in [3.8, 4) is 5.75 Å². The summed E-state index contributed by atoms with van der Waals surface area (Å²) in [6, 6.07) is 9.48. The van der Waals surface area contributed by atoms with Crippen LogP contribution in [0.5, 0.6) is 5.75 Å². The standard InChI is InChI=1S/C16H25N3O/c1-12-9-16(10-17,11-19(12)13-7-8-13)18-14-5-3-4-6-15(14)20-2/h3-6,12-13,18H,7-11,17H2,1-2H3. The molecule has 1 aromatic rings. The molecule has 1 saturated heterocycles. The van der Waals surface area contributed by atoms with Gasteiger partial charge in [-0.15, -0.1) is 0 Å². The zero-order valence-electron chi connectivity index (χ0n) is 12.4. The zero-order valence-corrected chi connectivity index (χ0v) is 12.4. The Morgan fingerprint density at radius 1 is 1.40 bits per heavy atom. The third-order valence-electron chi connectivity index (χ3n) is 4.65. The highest BCUT2D eigenvalue weighted by molar-refractivity contribution is 5.58. The molecule has 4 heteroatoms. The van der Waals surface area contributed by atoms with Gasteiger partial charge in [0.2, 0.25) is 0 Å². The van der Waals surface area contributed by atoms with Gasteiger partial charge in [-0.2, -0.15) is 0 Å². The van der Waals surface area contributed by atoms with Gasteiger partial charge >= 0.3 is 0 Å². The van der Waals surface area contributed by atoms with E-state index in [0.29, 0.717) is 12.6 Å². The van der Waals surface area contributed by atoms with Crippen molar-refractivity contribution in [3.63, 3.8) is 0 Å². The van der Waals surface area contributed by atoms with Crippen LogP contribution in [0.4, 0.5) is 5.69 Å². The second-order valence-electron chi connectivity index (χ2n) is 6.27. The SMILES string of the molecule is COc1ccccc1NC1(CN)CC(C)N(C2CC2)C1. The molecule has 0 aromatic heterocycles. The predicted octanol–water partition coefficient (Wildman–Crippen LogP) is 2.06. The minimum atomic E-state index is -0.0311. The van der Waals surface area contributed by atoms with Crippen molar-refractivity contribution in [2.75, 3.05) is 25.5 Å². The number of hydrogen-bond donors (Lipinski definition) is 2. The summed E-state index contributed by atoms with van der Waals surface area (Å²) in [5, 5.41) is 3.67. The van der Waals surface area contributed by atoms with E-state index in [-0.39, 0.29) is 5.54 Å². The second-order valence-corrected chi connectivity index (χ2v) is 6.27. The number of ether oxygens (including phenoxy) is 1. The Hall–Kier alpha value is -1.26. The molecule has 2 aliphatic rings. The average Bonchev–Trinajstić information content (AvgIpc) is 3.25. The molecule has 3 rings (SSSR count). The lowest BCUT2D eigenvalue weighted by molar-refractivity contribution is 0.252. The lowest BCUT2D eigenvalue weighted by atomic mass is 9.96. The minimum absolute atomic E-state index is 0.0311. The number of hydrogen-bond acceptors (Lipinski definition) is 4. The number of nitrogens with two attached hydrogens (primary N) is 1. The first-order valence-corrected chi connectivity index (χ1v) is 7.54. The third-order valence-corrected chi connectivity index (χ3v) is 4.65.